The summed E-state index contributed by atoms with van der Waals surface area (Å²) in [4.78, 5) is 37.6. The van der Waals surface area contributed by atoms with E-state index in [1.165, 1.54) is 6.33 Å². The first-order chi connectivity index (χ1) is 14.3. The van der Waals surface area contributed by atoms with Crippen molar-refractivity contribution in [3.05, 3.63) is 48.5 Å². The molecule has 1 aliphatic rings. The highest BCUT2D eigenvalue weighted by Crippen LogP contribution is 2.38. The van der Waals surface area contributed by atoms with E-state index in [-0.39, 0.29) is 11.8 Å². The Morgan fingerprint density at radius 1 is 1.10 bits per heavy atom. The smallest absolute Gasteiger partial charge is 0.228 e. The van der Waals surface area contributed by atoms with Gasteiger partial charge in [0.25, 0.3) is 0 Å². The third-order valence-corrected chi connectivity index (χ3v) is 5.88. The van der Waals surface area contributed by atoms with Gasteiger partial charge in [0.1, 0.15) is 6.33 Å². The van der Waals surface area contributed by atoms with Crippen molar-refractivity contribution >= 4 is 11.8 Å². The van der Waals surface area contributed by atoms with E-state index in [4.69, 9.17) is 0 Å². The first kappa shape index (κ1) is 21.9. The summed E-state index contributed by atoms with van der Waals surface area (Å²) in [7, 11) is 3.64. The molecule has 1 aromatic heterocycles. The molecule has 0 unspecified atom stereocenters. The number of nitrogens with zero attached hydrogens (tertiary/aromatic N) is 4. The molecule has 1 aromatic carbocycles. The van der Waals surface area contributed by atoms with E-state index in [9.17, 15) is 9.59 Å². The van der Waals surface area contributed by atoms with E-state index in [0.29, 0.717) is 44.7 Å². The molecule has 0 spiro atoms. The number of rotatable bonds is 6. The number of hydrogen-bond donors (Lipinski definition) is 0. The summed E-state index contributed by atoms with van der Waals surface area (Å²) in [5.74, 6) is 0.686. The second-order valence-electron chi connectivity index (χ2n) is 8.96. The van der Waals surface area contributed by atoms with Crippen molar-refractivity contribution in [2.24, 2.45) is 11.3 Å². The van der Waals surface area contributed by atoms with E-state index < -0.39 is 5.41 Å². The van der Waals surface area contributed by atoms with Crippen molar-refractivity contribution < 1.29 is 9.59 Å². The van der Waals surface area contributed by atoms with Crippen molar-refractivity contribution in [3.63, 3.8) is 0 Å². The Kier molecular flexibility index (Phi) is 6.85. The fourth-order valence-electron chi connectivity index (χ4n) is 4.30. The molecule has 2 amide bonds. The first-order valence-corrected chi connectivity index (χ1v) is 10.6. The molecule has 0 bridgehead atoms. The summed E-state index contributed by atoms with van der Waals surface area (Å²) in [5.41, 5.74) is 2.64. The maximum Gasteiger partial charge on any atom is 0.228 e. The molecular weight excluding hydrogens is 376 g/mol. The van der Waals surface area contributed by atoms with Gasteiger partial charge in [0, 0.05) is 51.6 Å². The quantitative estimate of drug-likeness (QED) is 0.734. The molecule has 6 heteroatoms. The van der Waals surface area contributed by atoms with E-state index in [1.807, 2.05) is 31.1 Å². The van der Waals surface area contributed by atoms with Crippen LogP contribution < -0.4 is 0 Å². The van der Waals surface area contributed by atoms with Crippen LogP contribution in [0.4, 0.5) is 0 Å². The fraction of sp³-hybridized carbons (Fsp3) is 0.500. The molecule has 0 radical (unpaired) electrons. The largest absolute Gasteiger partial charge is 0.348 e. The van der Waals surface area contributed by atoms with Crippen LogP contribution in [0.25, 0.3) is 11.1 Å². The molecule has 1 saturated heterocycles. The fourth-order valence-corrected chi connectivity index (χ4v) is 4.30. The molecule has 160 valence electrons. The molecule has 2 aromatic rings. The number of aromatic nitrogens is 2. The Balaban J connectivity index is 1.81. The Morgan fingerprint density at radius 3 is 2.37 bits per heavy atom. The molecule has 1 aliphatic heterocycles. The highest BCUT2D eigenvalue weighted by atomic mass is 16.2. The van der Waals surface area contributed by atoms with Gasteiger partial charge >= 0.3 is 0 Å². The molecule has 0 N–H and O–H groups in total. The van der Waals surface area contributed by atoms with Crippen molar-refractivity contribution in [2.45, 2.75) is 39.5 Å². The van der Waals surface area contributed by atoms with Crippen molar-refractivity contribution in [2.75, 3.05) is 27.2 Å². The monoisotopic (exact) mass is 408 g/mol. The molecule has 6 nitrogen and oxygen atoms in total. The van der Waals surface area contributed by atoms with Crippen molar-refractivity contribution in [1.82, 2.24) is 19.8 Å². The van der Waals surface area contributed by atoms with E-state index >= 15 is 0 Å². The predicted octanol–water partition coefficient (Wildman–Crippen LogP) is 3.43. The summed E-state index contributed by atoms with van der Waals surface area (Å²) in [6, 6.07) is 8.26. The summed E-state index contributed by atoms with van der Waals surface area (Å²) in [6.45, 7) is 5.40. The van der Waals surface area contributed by atoms with Crippen LogP contribution in [0.1, 0.15) is 38.7 Å². The van der Waals surface area contributed by atoms with Crippen LogP contribution in [0.15, 0.2) is 43.0 Å². The minimum absolute atomic E-state index is 0.145. The van der Waals surface area contributed by atoms with Gasteiger partial charge in [-0.2, -0.15) is 0 Å². The third kappa shape index (κ3) is 5.04. The van der Waals surface area contributed by atoms with Gasteiger partial charge in [-0.3, -0.25) is 9.59 Å². The summed E-state index contributed by atoms with van der Waals surface area (Å²) in [6.07, 6.45) is 7.72. The second-order valence-corrected chi connectivity index (χ2v) is 8.96. The Morgan fingerprint density at radius 2 is 1.77 bits per heavy atom. The number of likely N-dealkylation sites (tertiary alicyclic amines) is 1. The second kappa shape index (κ2) is 9.37. The van der Waals surface area contributed by atoms with Gasteiger partial charge in [-0.1, -0.05) is 38.1 Å². The topological polar surface area (TPSA) is 66.4 Å². The zero-order valence-corrected chi connectivity index (χ0v) is 18.5. The van der Waals surface area contributed by atoms with Gasteiger partial charge in [-0.15, -0.1) is 0 Å². The molecule has 0 atom stereocenters. The van der Waals surface area contributed by atoms with Crippen molar-refractivity contribution in [1.29, 1.82) is 0 Å². The van der Waals surface area contributed by atoms with Gasteiger partial charge in [-0.25, -0.2) is 9.97 Å². The van der Waals surface area contributed by atoms with Gasteiger partial charge in [0.05, 0.1) is 5.41 Å². The van der Waals surface area contributed by atoms with Crippen LogP contribution in [-0.4, -0.2) is 58.8 Å². The first-order valence-electron chi connectivity index (χ1n) is 10.6. The normalized spacial score (nSPS) is 15.8. The SMILES string of the molecule is CC(C)CC(=O)N1CCC(Cc2cccc(-c3cncnc3)c2)(C(=O)N(C)C)CC1. The highest BCUT2D eigenvalue weighted by molar-refractivity contribution is 5.83. The minimum Gasteiger partial charge on any atom is -0.348 e. The average molecular weight is 409 g/mol. The van der Waals surface area contributed by atoms with Crippen LogP contribution in [0.3, 0.4) is 0 Å². The maximum atomic E-state index is 13.2. The molecule has 0 aliphatic carbocycles. The van der Waals surface area contributed by atoms with Crippen LogP contribution in [-0.2, 0) is 16.0 Å². The van der Waals surface area contributed by atoms with E-state index in [1.54, 1.807) is 17.3 Å². The summed E-state index contributed by atoms with van der Waals surface area (Å²) < 4.78 is 0. The summed E-state index contributed by atoms with van der Waals surface area (Å²) in [5, 5.41) is 0. The van der Waals surface area contributed by atoms with Crippen molar-refractivity contribution in [3.8, 4) is 11.1 Å². The number of hydrogen-bond acceptors (Lipinski definition) is 4. The summed E-state index contributed by atoms with van der Waals surface area (Å²) >= 11 is 0. The molecule has 1 fully saturated rings. The molecule has 0 saturated carbocycles. The number of piperidine rings is 1. The van der Waals surface area contributed by atoms with Crippen LogP contribution in [0.5, 0.6) is 0 Å². The predicted molar refractivity (Wildman–Crippen MR) is 118 cm³/mol. The third-order valence-electron chi connectivity index (χ3n) is 5.88. The zero-order valence-electron chi connectivity index (χ0n) is 18.5. The lowest BCUT2D eigenvalue weighted by atomic mass is 9.72. The molecular formula is C24H32N4O2. The van der Waals surface area contributed by atoms with E-state index in [2.05, 4.69) is 35.9 Å². The van der Waals surface area contributed by atoms with Gasteiger partial charge in [0.15, 0.2) is 0 Å². The lowest BCUT2D eigenvalue weighted by Gasteiger charge is -2.42. The van der Waals surface area contributed by atoms with Gasteiger partial charge in [0.2, 0.25) is 11.8 Å². The average Bonchev–Trinajstić information content (AvgIpc) is 2.74. The zero-order chi connectivity index (χ0) is 21.7. The van der Waals surface area contributed by atoms with Gasteiger partial charge in [-0.05, 0) is 36.3 Å². The van der Waals surface area contributed by atoms with E-state index in [0.717, 1.165) is 16.7 Å². The Hall–Kier alpha value is -2.76. The van der Waals surface area contributed by atoms with Gasteiger partial charge < -0.3 is 9.80 Å². The molecule has 3 rings (SSSR count). The minimum atomic E-state index is -0.482. The lowest BCUT2D eigenvalue weighted by Crippen LogP contribution is -2.51. The number of amides is 2. The number of carbonyl (C=O) groups excluding carboxylic acids is 2. The van der Waals surface area contributed by atoms with Crippen LogP contribution in [0, 0.1) is 11.3 Å². The standard InChI is InChI=1S/C24H32N4O2/c1-18(2)12-22(29)28-10-8-24(9-11-28,23(30)27(3)4)14-19-6-5-7-20(13-19)21-15-25-17-26-16-21/h5-7,13,15-18H,8-12,14H2,1-4H3. The number of carbonyl (C=O) groups is 2. The Bertz CT molecular complexity index is 872. The lowest BCUT2D eigenvalue weighted by molar-refractivity contribution is -0.146. The number of benzene rings is 1. The molecule has 30 heavy (non-hydrogen) atoms. The van der Waals surface area contributed by atoms with Crippen LogP contribution in [0.2, 0.25) is 0 Å². The highest BCUT2D eigenvalue weighted by Gasteiger charge is 2.43. The maximum absolute atomic E-state index is 13.2. The van der Waals surface area contributed by atoms with Crippen LogP contribution >= 0.6 is 0 Å². The molecule has 2 heterocycles. The Labute approximate surface area is 179 Å².